The van der Waals surface area contributed by atoms with Gasteiger partial charge in [-0.1, -0.05) is 315 Å². The lowest BCUT2D eigenvalue weighted by Gasteiger charge is -2.19. The highest BCUT2D eigenvalue weighted by molar-refractivity contribution is 6.31. The molecule has 0 unspecified atom stereocenters. The van der Waals surface area contributed by atoms with Crippen molar-refractivity contribution >= 4 is 195 Å². The summed E-state index contributed by atoms with van der Waals surface area (Å²) < 4.78 is 124. The van der Waals surface area contributed by atoms with E-state index < -0.39 is 36.3 Å². The minimum absolute atomic E-state index is 0.0340. The summed E-state index contributed by atoms with van der Waals surface area (Å²) in [5, 5.41) is 30.8. The first-order valence-electron chi connectivity index (χ1n) is 43.2. The Hall–Kier alpha value is -14.4. The molecular weight excluding hydrogens is 1330 g/mol. The fourth-order valence-electron chi connectivity index (χ4n) is 18.8. The molecule has 110 heavy (non-hydrogen) atoms. The molecule has 0 aliphatic heterocycles. The Morgan fingerprint density at radius 1 is 0.164 bits per heavy atom. The second-order valence-corrected chi connectivity index (χ2v) is 29.4. The topological polar surface area (TPSA) is 26.3 Å². The van der Waals surface area contributed by atoms with Gasteiger partial charge >= 0.3 is 0 Å². The van der Waals surface area contributed by atoms with Crippen LogP contribution in [-0.2, 0) is 0 Å². The van der Waals surface area contributed by atoms with Crippen molar-refractivity contribution in [3.63, 3.8) is 0 Å². The highest BCUT2D eigenvalue weighted by Gasteiger charge is 2.25. The van der Waals surface area contributed by atoms with Gasteiger partial charge in [-0.05, 0) is 266 Å². The van der Waals surface area contributed by atoms with Gasteiger partial charge in [-0.15, -0.1) is 0 Å². The quantitative estimate of drug-likeness (QED) is 0.155. The minimum atomic E-state index is -0.535. The zero-order valence-corrected chi connectivity index (χ0v) is 58.5. The summed E-state index contributed by atoms with van der Waals surface area (Å²) in [6, 6.07) is 98.1. The van der Waals surface area contributed by atoms with Gasteiger partial charge in [0.25, 0.3) is 0 Å². The Bertz CT molecular complexity index is 9140. The molecule has 0 radical (unpaired) electrons. The molecule has 0 spiro atoms. The molecule has 0 amide bonds. The smallest absolute Gasteiger partial charge is 0.136 e. The predicted molar refractivity (Wildman–Crippen MR) is 470 cm³/mol. The van der Waals surface area contributed by atoms with Crippen molar-refractivity contribution in [3.05, 3.63) is 364 Å². The number of furan rings is 2. The largest absolute Gasteiger partial charge is 0.456 e. The fraction of sp³-hybridized carbons (Fsp3) is 0. The molecule has 0 fully saturated rings. The van der Waals surface area contributed by atoms with E-state index in [0.29, 0.717) is 27.8 Å². The summed E-state index contributed by atoms with van der Waals surface area (Å²) in [6.07, 6.45) is 0. The van der Waals surface area contributed by atoms with E-state index in [9.17, 15) is 8.22 Å². The molecule has 26 aromatic rings. The zero-order valence-electron chi connectivity index (χ0n) is 70.5. The van der Waals surface area contributed by atoms with Gasteiger partial charge < -0.3 is 8.83 Å². The molecule has 0 bridgehead atoms. The molecule has 0 aliphatic rings. The van der Waals surface area contributed by atoms with Crippen LogP contribution in [-0.4, -0.2) is 0 Å². The van der Waals surface area contributed by atoms with Crippen LogP contribution in [0.25, 0.3) is 261 Å². The van der Waals surface area contributed by atoms with Crippen molar-refractivity contribution in [2.75, 3.05) is 0 Å². The molecule has 0 saturated carbocycles. The minimum Gasteiger partial charge on any atom is -0.456 e. The summed E-state index contributed by atoms with van der Waals surface area (Å²) in [4.78, 5) is 0. The molecule has 504 valence electrons. The molecule has 26 rings (SSSR count). The molecule has 2 nitrogen and oxygen atoms in total. The lowest BCUT2D eigenvalue weighted by molar-refractivity contribution is 0.669. The van der Waals surface area contributed by atoms with Crippen molar-refractivity contribution in [1.82, 2.24) is 0 Å². The van der Waals surface area contributed by atoms with Crippen LogP contribution >= 0.6 is 0 Å². The summed E-state index contributed by atoms with van der Waals surface area (Å²) in [5.41, 5.74) is 9.63. The number of rotatable bonds is 6. The Kier molecular flexibility index (Phi) is 10.1. The number of hydrogen-bond acceptors (Lipinski definition) is 2. The van der Waals surface area contributed by atoms with Crippen molar-refractivity contribution in [2.24, 2.45) is 0 Å². The van der Waals surface area contributed by atoms with Gasteiger partial charge in [-0.3, -0.25) is 0 Å². The van der Waals surface area contributed by atoms with Crippen LogP contribution in [0.3, 0.4) is 0 Å². The van der Waals surface area contributed by atoms with Crippen molar-refractivity contribution in [1.29, 1.82) is 0 Å². The summed E-state index contributed by atoms with van der Waals surface area (Å²) in [5.74, 6) is 0. The van der Waals surface area contributed by atoms with E-state index in [1.54, 1.807) is 0 Å². The molecule has 0 aliphatic carbocycles. The lowest BCUT2D eigenvalue weighted by Crippen LogP contribution is -1.92. The third kappa shape index (κ3) is 8.59. The molecule has 2 aromatic heterocycles. The Labute approximate surface area is 646 Å². The van der Waals surface area contributed by atoms with Gasteiger partial charge in [0, 0.05) is 21.5 Å². The SMILES string of the molecule is [2H]c1c([2H])c(-c2ccc(-c3ccc4ccc5cccc6ccc3c4c56)cc2-c2ccc3ccc4cccc5ccc2c3c45)c2c(oc3c([2H])c4c([2H])c([2H])c([2H])c([2H])c4c([2H])c32)c1[2H].[2H]c1c([2H])c(-c2cccc3oc4cc5ccccc5cc4c23)c(-c2ccc3ccc4cccc5ccc2c3c45)c([2H])c1-c1ccc2ccc3cccc4ccc1c2c34. The van der Waals surface area contributed by atoms with Gasteiger partial charge in [-0.25, -0.2) is 0 Å². The maximum atomic E-state index is 10.4. The molecule has 0 N–H and O–H groups in total. The molecule has 0 atom stereocenters. The summed E-state index contributed by atoms with van der Waals surface area (Å²) in [7, 11) is 0. The number of hydrogen-bond donors (Lipinski definition) is 0. The summed E-state index contributed by atoms with van der Waals surface area (Å²) >= 11 is 0. The standard InChI is InChI=1S/2C54H30O/c2*1-2-7-38-30-49-47(28-37(38)6-1)54-43(12-5-13-48(54)55-49)41-25-22-39(40-23-18-35-16-14-31-8-3-10-33-20-26-44(40)52(35)50(31)33)29-46(41)42-24-19-36-17-15-32-9-4-11-34-21-27-45(42)53(36)51(32)34/h2*1-30H/i1D,2D,5D,6D,7D,12D,13D,28D,30D;22D,25D,29D. The van der Waals surface area contributed by atoms with Crippen LogP contribution in [0.5, 0.6) is 0 Å². The molecule has 24 aromatic carbocycles. The second-order valence-electron chi connectivity index (χ2n) is 29.4. The summed E-state index contributed by atoms with van der Waals surface area (Å²) in [6.45, 7) is 0. The zero-order chi connectivity index (χ0) is 82.0. The van der Waals surface area contributed by atoms with E-state index in [4.69, 9.17) is 17.1 Å². The first kappa shape index (κ1) is 49.4. The maximum absolute atomic E-state index is 10.4. The van der Waals surface area contributed by atoms with E-state index in [2.05, 4.69) is 249 Å². The van der Waals surface area contributed by atoms with Crippen molar-refractivity contribution in [3.8, 4) is 66.8 Å². The van der Waals surface area contributed by atoms with Crippen molar-refractivity contribution < 1.29 is 25.3 Å². The van der Waals surface area contributed by atoms with Crippen molar-refractivity contribution in [2.45, 2.75) is 0 Å². The Balaban J connectivity index is 0.000000135. The van der Waals surface area contributed by atoms with Crippen LogP contribution in [0.2, 0.25) is 0 Å². The molecule has 2 heteroatoms. The molecule has 0 saturated heterocycles. The van der Waals surface area contributed by atoms with Crippen LogP contribution in [0.15, 0.2) is 373 Å². The Morgan fingerprint density at radius 2 is 0.582 bits per heavy atom. The maximum Gasteiger partial charge on any atom is 0.136 e. The lowest BCUT2D eigenvalue weighted by atomic mass is 9.84. The van der Waals surface area contributed by atoms with Gasteiger partial charge in [0.1, 0.15) is 22.3 Å². The molecule has 2 heterocycles. The van der Waals surface area contributed by atoms with E-state index >= 15 is 0 Å². The highest BCUT2D eigenvalue weighted by atomic mass is 16.3. The van der Waals surface area contributed by atoms with E-state index in [0.717, 1.165) is 174 Å². The van der Waals surface area contributed by atoms with Gasteiger partial charge in [-0.2, -0.15) is 0 Å². The van der Waals surface area contributed by atoms with E-state index in [-0.39, 0.29) is 74.5 Å². The first-order chi connectivity index (χ1) is 59.5. The normalized spacial score (nSPS) is 13.9. The fourth-order valence-corrected chi connectivity index (χ4v) is 18.8. The predicted octanol–water partition coefficient (Wildman–Crippen LogP) is 31.1. The van der Waals surface area contributed by atoms with E-state index in [1.807, 2.05) is 42.5 Å². The van der Waals surface area contributed by atoms with Gasteiger partial charge in [0.2, 0.25) is 0 Å². The second kappa shape index (κ2) is 22.6. The van der Waals surface area contributed by atoms with E-state index in [1.165, 1.54) is 21.5 Å². The van der Waals surface area contributed by atoms with Crippen LogP contribution in [0, 0.1) is 0 Å². The van der Waals surface area contributed by atoms with Gasteiger partial charge in [0.05, 0.1) is 16.4 Å². The third-order valence-electron chi connectivity index (χ3n) is 23.7. The number of benzene rings is 24. The Morgan fingerprint density at radius 3 is 1.13 bits per heavy atom. The van der Waals surface area contributed by atoms with Crippen LogP contribution in [0.4, 0.5) is 0 Å². The van der Waals surface area contributed by atoms with Crippen LogP contribution in [0.1, 0.15) is 16.4 Å². The highest BCUT2D eigenvalue weighted by Crippen LogP contribution is 2.52. The van der Waals surface area contributed by atoms with Crippen LogP contribution < -0.4 is 0 Å². The average molecular weight is 1400 g/mol. The molecular formula is C108H60O2. The average Bonchev–Trinajstić information content (AvgIpc) is 1.58. The number of fused-ring (bicyclic) bond motifs is 8. The first-order valence-corrected chi connectivity index (χ1v) is 37.2. The third-order valence-corrected chi connectivity index (χ3v) is 23.7. The van der Waals surface area contributed by atoms with Gasteiger partial charge in [0.15, 0.2) is 0 Å². The monoisotopic (exact) mass is 1400 g/mol.